The highest BCUT2D eigenvalue weighted by molar-refractivity contribution is 5.98. The second kappa shape index (κ2) is 9.59. The summed E-state index contributed by atoms with van der Waals surface area (Å²) in [4.78, 5) is 37.1. The third-order valence-electron chi connectivity index (χ3n) is 6.11. The van der Waals surface area contributed by atoms with Crippen LogP contribution < -0.4 is 5.56 Å². The van der Waals surface area contributed by atoms with Crippen molar-refractivity contribution in [1.29, 1.82) is 0 Å². The zero-order valence-corrected chi connectivity index (χ0v) is 21.1. The van der Waals surface area contributed by atoms with Crippen LogP contribution in [0.3, 0.4) is 0 Å². The molecular formula is C29H30N2O5. The zero-order chi connectivity index (χ0) is 26.2. The van der Waals surface area contributed by atoms with Gasteiger partial charge in [-0.2, -0.15) is 0 Å². The molecule has 7 heteroatoms. The first-order chi connectivity index (χ1) is 17.0. The number of aldehydes is 1. The van der Waals surface area contributed by atoms with E-state index < -0.39 is 17.7 Å². The third kappa shape index (κ3) is 4.88. The molecule has 2 heterocycles. The number of aryl methyl sites for hydroxylation is 1. The lowest BCUT2D eigenvalue weighted by atomic mass is 9.95. The van der Waals surface area contributed by atoms with Gasteiger partial charge in [-0.25, -0.2) is 4.79 Å². The van der Waals surface area contributed by atoms with Crippen LogP contribution in [0.15, 0.2) is 65.6 Å². The molecule has 1 unspecified atom stereocenters. The monoisotopic (exact) mass is 486 g/mol. The molecule has 2 aromatic heterocycles. The number of pyridine rings is 1. The Morgan fingerprint density at radius 3 is 2.25 bits per heavy atom. The van der Waals surface area contributed by atoms with Crippen LogP contribution in [0.1, 0.15) is 54.1 Å². The van der Waals surface area contributed by atoms with E-state index in [9.17, 15) is 19.5 Å². The molecule has 1 N–H and O–H groups in total. The number of carboxylic acid groups (broad SMARTS) is 1. The van der Waals surface area contributed by atoms with Crippen molar-refractivity contribution in [2.75, 3.05) is 0 Å². The van der Waals surface area contributed by atoms with Crippen LogP contribution in [0.2, 0.25) is 0 Å². The quantitative estimate of drug-likeness (QED) is 0.366. The summed E-state index contributed by atoms with van der Waals surface area (Å²) in [5, 5.41) is 10.8. The van der Waals surface area contributed by atoms with Crippen molar-refractivity contribution in [2.24, 2.45) is 7.05 Å². The molecule has 0 radical (unpaired) electrons. The first kappa shape index (κ1) is 25.1. The molecule has 1 atom stereocenters. The van der Waals surface area contributed by atoms with Crippen LogP contribution in [-0.4, -0.2) is 32.1 Å². The Hall–Kier alpha value is -3.97. The van der Waals surface area contributed by atoms with Crippen LogP contribution in [0, 0.1) is 6.92 Å². The van der Waals surface area contributed by atoms with Crippen molar-refractivity contribution < 1.29 is 19.4 Å². The molecule has 0 aliphatic rings. The minimum atomic E-state index is -1.34. The summed E-state index contributed by atoms with van der Waals surface area (Å²) in [5.41, 5.74) is 3.73. The first-order valence-corrected chi connectivity index (χ1v) is 11.7. The fraction of sp³-hybridized carbons (Fsp3) is 0.276. The van der Waals surface area contributed by atoms with E-state index in [0.717, 1.165) is 23.0 Å². The number of ether oxygens (including phenoxy) is 1. The fourth-order valence-corrected chi connectivity index (χ4v) is 4.42. The van der Waals surface area contributed by atoms with E-state index in [-0.39, 0.29) is 5.56 Å². The van der Waals surface area contributed by atoms with Crippen molar-refractivity contribution in [2.45, 2.75) is 45.9 Å². The molecule has 0 aliphatic heterocycles. The Kier molecular flexibility index (Phi) is 6.69. The number of carboxylic acids is 1. The first-order valence-electron chi connectivity index (χ1n) is 11.7. The van der Waals surface area contributed by atoms with Gasteiger partial charge < -0.3 is 19.0 Å². The van der Waals surface area contributed by atoms with Gasteiger partial charge >= 0.3 is 5.97 Å². The highest BCUT2D eigenvalue weighted by Crippen LogP contribution is 2.37. The number of carbonyl (C=O) groups excluding carboxylic acids is 1. The van der Waals surface area contributed by atoms with Gasteiger partial charge in [0.15, 0.2) is 6.10 Å². The molecule has 4 aromatic rings. The van der Waals surface area contributed by atoms with E-state index >= 15 is 0 Å². The van der Waals surface area contributed by atoms with Crippen molar-refractivity contribution >= 4 is 23.2 Å². The summed E-state index contributed by atoms with van der Waals surface area (Å²) in [6.07, 6.45) is 1.28. The van der Waals surface area contributed by atoms with Crippen molar-refractivity contribution in [1.82, 2.24) is 9.13 Å². The van der Waals surface area contributed by atoms with Gasteiger partial charge in [-0.3, -0.25) is 9.59 Å². The van der Waals surface area contributed by atoms with Crippen LogP contribution in [0.25, 0.3) is 22.0 Å². The molecule has 36 heavy (non-hydrogen) atoms. The minimum absolute atomic E-state index is 0.298. The maximum Gasteiger partial charge on any atom is 0.339 e. The Labute approximate surface area is 209 Å². The Bertz CT molecular complexity index is 1490. The standard InChI is InChI=1S/C29H30N2O5/c1-18-6-12-21(13-7-18)23-22-14-15-31(16-19-8-10-20(17-32)11-9-19)24(22)27(33)30(5)25(23)26(28(34)35)36-29(2,3)4/h6-15,17,26H,16H2,1-5H3,(H,34,35). The largest absolute Gasteiger partial charge is 0.479 e. The number of carbonyl (C=O) groups is 2. The van der Waals surface area contributed by atoms with Crippen LogP contribution in [0.5, 0.6) is 0 Å². The van der Waals surface area contributed by atoms with Gasteiger partial charge in [0, 0.05) is 36.3 Å². The molecule has 0 saturated heterocycles. The normalized spacial score (nSPS) is 12.6. The van der Waals surface area contributed by atoms with Gasteiger partial charge in [-0.15, -0.1) is 0 Å². The highest BCUT2D eigenvalue weighted by Gasteiger charge is 2.33. The van der Waals surface area contributed by atoms with Crippen molar-refractivity contribution in [3.63, 3.8) is 0 Å². The van der Waals surface area contributed by atoms with Gasteiger partial charge in [-0.05, 0) is 44.9 Å². The van der Waals surface area contributed by atoms with Crippen LogP contribution in [0.4, 0.5) is 0 Å². The Morgan fingerprint density at radius 1 is 1.06 bits per heavy atom. The number of benzene rings is 2. The molecule has 0 bridgehead atoms. The van der Waals surface area contributed by atoms with E-state index in [4.69, 9.17) is 4.74 Å². The molecule has 0 fully saturated rings. The molecular weight excluding hydrogens is 456 g/mol. The topological polar surface area (TPSA) is 90.5 Å². The summed E-state index contributed by atoms with van der Waals surface area (Å²) in [6.45, 7) is 7.77. The molecule has 0 spiro atoms. The van der Waals surface area contributed by atoms with Gasteiger partial charge in [0.05, 0.1) is 11.3 Å². The third-order valence-corrected chi connectivity index (χ3v) is 6.11. The molecule has 0 saturated carbocycles. The average Bonchev–Trinajstić information content (AvgIpc) is 3.24. The predicted molar refractivity (Wildman–Crippen MR) is 139 cm³/mol. The second-order valence-electron chi connectivity index (χ2n) is 10.0. The van der Waals surface area contributed by atoms with Gasteiger partial charge in [-0.1, -0.05) is 54.1 Å². The predicted octanol–water partition coefficient (Wildman–Crippen LogP) is 5.12. The second-order valence-corrected chi connectivity index (χ2v) is 10.0. The number of nitrogens with zero attached hydrogens (tertiary/aromatic N) is 2. The summed E-state index contributed by atoms with van der Waals surface area (Å²) in [5.74, 6) is -1.16. The molecule has 0 amide bonds. The van der Waals surface area contributed by atoms with E-state index in [1.807, 2.05) is 60.2 Å². The number of hydrogen-bond acceptors (Lipinski definition) is 4. The van der Waals surface area contributed by atoms with E-state index in [1.165, 1.54) is 4.57 Å². The smallest absolute Gasteiger partial charge is 0.339 e. The SMILES string of the molecule is Cc1ccc(-c2c(C(OC(C)(C)C)C(=O)O)n(C)c(=O)c3c2ccn3Cc2ccc(C=O)cc2)cc1. The minimum Gasteiger partial charge on any atom is -0.479 e. The number of aliphatic carboxylic acids is 1. The number of hydrogen-bond donors (Lipinski definition) is 1. The Morgan fingerprint density at radius 2 is 1.69 bits per heavy atom. The molecule has 2 aromatic carbocycles. The number of rotatable bonds is 7. The zero-order valence-electron chi connectivity index (χ0n) is 21.1. The van der Waals surface area contributed by atoms with Gasteiger partial charge in [0.25, 0.3) is 5.56 Å². The number of aromatic nitrogens is 2. The maximum atomic E-state index is 13.7. The lowest BCUT2D eigenvalue weighted by molar-refractivity contribution is -0.161. The van der Waals surface area contributed by atoms with Crippen LogP contribution in [-0.2, 0) is 23.1 Å². The summed E-state index contributed by atoms with van der Waals surface area (Å²) in [6, 6.07) is 16.8. The highest BCUT2D eigenvalue weighted by atomic mass is 16.5. The van der Waals surface area contributed by atoms with Crippen molar-refractivity contribution in [3.05, 3.63) is 93.5 Å². The van der Waals surface area contributed by atoms with E-state index in [2.05, 4.69) is 0 Å². The van der Waals surface area contributed by atoms with Crippen molar-refractivity contribution in [3.8, 4) is 11.1 Å². The molecule has 0 aliphatic carbocycles. The number of fused-ring (bicyclic) bond motifs is 1. The summed E-state index contributed by atoms with van der Waals surface area (Å²) < 4.78 is 9.24. The van der Waals surface area contributed by atoms with E-state index in [1.54, 1.807) is 40.0 Å². The lowest BCUT2D eigenvalue weighted by Gasteiger charge is -2.28. The van der Waals surface area contributed by atoms with Gasteiger partial charge in [0.1, 0.15) is 11.8 Å². The maximum absolute atomic E-state index is 13.7. The van der Waals surface area contributed by atoms with E-state index in [0.29, 0.717) is 34.3 Å². The molecule has 4 rings (SSSR count). The molecule has 186 valence electrons. The summed E-state index contributed by atoms with van der Waals surface area (Å²) >= 11 is 0. The van der Waals surface area contributed by atoms with Crippen LogP contribution >= 0.6 is 0 Å². The molecule has 7 nitrogen and oxygen atoms in total. The summed E-state index contributed by atoms with van der Waals surface area (Å²) in [7, 11) is 1.59. The fourth-order valence-electron chi connectivity index (χ4n) is 4.42. The average molecular weight is 487 g/mol. The lowest BCUT2D eigenvalue weighted by Crippen LogP contribution is -2.33. The Balaban J connectivity index is 2.00. The van der Waals surface area contributed by atoms with Gasteiger partial charge in [0.2, 0.25) is 0 Å².